The molecule has 17 heavy (non-hydrogen) atoms. The van der Waals surface area contributed by atoms with E-state index in [1.54, 1.807) is 6.07 Å². The highest BCUT2D eigenvalue weighted by atomic mass is 35.5. The number of hydrogen-bond acceptors (Lipinski definition) is 2. The van der Waals surface area contributed by atoms with Gasteiger partial charge in [0.25, 0.3) is 0 Å². The minimum Gasteiger partial charge on any atom is -0.406 e. The number of ether oxygens (including phenoxy) is 1. The van der Waals surface area contributed by atoms with E-state index in [4.69, 9.17) is 0 Å². The third-order valence-electron chi connectivity index (χ3n) is 2.55. The minimum absolute atomic E-state index is 0. The Morgan fingerprint density at radius 1 is 1.29 bits per heavy atom. The van der Waals surface area contributed by atoms with Gasteiger partial charge in [-0.15, -0.1) is 25.6 Å². The Kier molecular flexibility index (Phi) is 4.65. The van der Waals surface area contributed by atoms with Crippen molar-refractivity contribution in [1.29, 1.82) is 0 Å². The van der Waals surface area contributed by atoms with Gasteiger partial charge in [0.2, 0.25) is 0 Å². The summed E-state index contributed by atoms with van der Waals surface area (Å²) in [4.78, 5) is 0. The van der Waals surface area contributed by atoms with Crippen molar-refractivity contribution < 1.29 is 17.9 Å². The van der Waals surface area contributed by atoms with Gasteiger partial charge in [-0.3, -0.25) is 0 Å². The maximum atomic E-state index is 12.0. The smallest absolute Gasteiger partial charge is 0.406 e. The van der Waals surface area contributed by atoms with Crippen LogP contribution in [0.5, 0.6) is 5.75 Å². The van der Waals surface area contributed by atoms with Gasteiger partial charge in [-0.05, 0) is 37.1 Å². The number of hydrogen-bond donors (Lipinski definition) is 1. The molecule has 2 nitrogen and oxygen atoms in total. The van der Waals surface area contributed by atoms with Crippen LogP contribution in [-0.4, -0.2) is 12.9 Å². The van der Waals surface area contributed by atoms with Crippen LogP contribution >= 0.6 is 12.4 Å². The first-order valence-electron chi connectivity index (χ1n) is 5.14. The average molecular weight is 268 g/mol. The quantitative estimate of drug-likeness (QED) is 0.886. The molecule has 0 amide bonds. The van der Waals surface area contributed by atoms with E-state index in [-0.39, 0.29) is 24.2 Å². The molecule has 1 fully saturated rings. The molecule has 0 bridgehead atoms. The standard InChI is InChI=1S/C11H12F3NO.ClH/c12-11(13,14)16-9-4-1-3-8(7-9)10-5-2-6-15-10;/h1,3-4,7,10,15H,2,5-6H2;1H/t10-;/m1./s1. The maximum Gasteiger partial charge on any atom is 0.573 e. The molecule has 6 heteroatoms. The van der Waals surface area contributed by atoms with Crippen molar-refractivity contribution in [1.82, 2.24) is 5.32 Å². The highest BCUT2D eigenvalue weighted by Crippen LogP contribution is 2.28. The number of halogens is 4. The molecule has 1 heterocycles. The first kappa shape index (κ1) is 14.1. The lowest BCUT2D eigenvalue weighted by atomic mass is 10.1. The first-order chi connectivity index (χ1) is 7.54. The summed E-state index contributed by atoms with van der Waals surface area (Å²) >= 11 is 0. The van der Waals surface area contributed by atoms with Gasteiger partial charge in [0.05, 0.1) is 0 Å². The van der Waals surface area contributed by atoms with Gasteiger partial charge >= 0.3 is 6.36 Å². The third-order valence-corrected chi connectivity index (χ3v) is 2.55. The zero-order valence-electron chi connectivity index (χ0n) is 8.96. The molecular weight excluding hydrogens is 255 g/mol. The molecule has 1 saturated heterocycles. The van der Waals surface area contributed by atoms with E-state index in [2.05, 4.69) is 10.1 Å². The summed E-state index contributed by atoms with van der Waals surface area (Å²) in [5, 5.41) is 3.23. The third kappa shape index (κ3) is 4.09. The molecule has 0 radical (unpaired) electrons. The van der Waals surface area contributed by atoms with Crippen molar-refractivity contribution in [3.05, 3.63) is 29.8 Å². The second kappa shape index (κ2) is 5.60. The summed E-state index contributed by atoms with van der Waals surface area (Å²) in [6.45, 7) is 0.912. The van der Waals surface area contributed by atoms with Crippen molar-refractivity contribution in [3.63, 3.8) is 0 Å². The zero-order chi connectivity index (χ0) is 11.6. The fourth-order valence-corrected chi connectivity index (χ4v) is 1.90. The molecule has 1 aromatic rings. The first-order valence-corrected chi connectivity index (χ1v) is 5.14. The molecular formula is C11H13ClF3NO. The van der Waals surface area contributed by atoms with Crippen LogP contribution in [0.25, 0.3) is 0 Å². The van der Waals surface area contributed by atoms with E-state index in [0.29, 0.717) is 0 Å². The monoisotopic (exact) mass is 267 g/mol. The number of rotatable bonds is 2. The molecule has 1 aromatic carbocycles. The fourth-order valence-electron chi connectivity index (χ4n) is 1.90. The predicted molar refractivity (Wildman–Crippen MR) is 60.4 cm³/mol. The lowest BCUT2D eigenvalue weighted by Crippen LogP contribution is -2.18. The van der Waals surface area contributed by atoms with E-state index in [1.807, 2.05) is 6.07 Å². The van der Waals surface area contributed by atoms with Crippen molar-refractivity contribution >= 4 is 12.4 Å². The van der Waals surface area contributed by atoms with Gasteiger partial charge in [0.15, 0.2) is 0 Å². The van der Waals surface area contributed by atoms with Gasteiger partial charge in [-0.1, -0.05) is 12.1 Å². The lowest BCUT2D eigenvalue weighted by molar-refractivity contribution is -0.274. The molecule has 0 aliphatic carbocycles. The summed E-state index contributed by atoms with van der Waals surface area (Å²) in [6, 6.07) is 6.29. The van der Waals surface area contributed by atoms with Crippen LogP contribution in [0, 0.1) is 0 Å². The fraction of sp³-hybridized carbons (Fsp3) is 0.455. The van der Waals surface area contributed by atoms with Gasteiger partial charge in [-0.2, -0.15) is 0 Å². The highest BCUT2D eigenvalue weighted by molar-refractivity contribution is 5.85. The molecule has 1 atom stereocenters. The predicted octanol–water partition coefficient (Wildman–Crippen LogP) is 3.43. The second-order valence-electron chi connectivity index (χ2n) is 3.77. The van der Waals surface area contributed by atoms with Gasteiger partial charge in [0.1, 0.15) is 5.75 Å². The van der Waals surface area contributed by atoms with Crippen LogP contribution < -0.4 is 10.1 Å². The Bertz CT molecular complexity index is 364. The van der Waals surface area contributed by atoms with Crippen molar-refractivity contribution in [2.45, 2.75) is 25.2 Å². The summed E-state index contributed by atoms with van der Waals surface area (Å²) < 4.78 is 39.9. The van der Waals surface area contributed by atoms with Crippen molar-refractivity contribution in [3.8, 4) is 5.75 Å². The Morgan fingerprint density at radius 2 is 2.06 bits per heavy atom. The van der Waals surface area contributed by atoms with Crippen molar-refractivity contribution in [2.24, 2.45) is 0 Å². The summed E-state index contributed by atoms with van der Waals surface area (Å²) in [5.74, 6) is -0.154. The SMILES string of the molecule is Cl.FC(F)(F)Oc1cccc([C@H]2CCCN2)c1. The molecule has 1 aliphatic rings. The summed E-state index contributed by atoms with van der Waals surface area (Å²) in [7, 11) is 0. The van der Waals surface area contributed by atoms with Crippen molar-refractivity contribution in [2.75, 3.05) is 6.54 Å². The van der Waals surface area contributed by atoms with Crippen LogP contribution in [0.4, 0.5) is 13.2 Å². The zero-order valence-corrected chi connectivity index (χ0v) is 9.77. The molecule has 2 rings (SSSR count). The van der Waals surface area contributed by atoms with Crippen LogP contribution in [0.1, 0.15) is 24.4 Å². The van der Waals surface area contributed by atoms with Crippen LogP contribution in [0.15, 0.2) is 24.3 Å². The van der Waals surface area contributed by atoms with Gasteiger partial charge in [-0.25, -0.2) is 0 Å². The van der Waals surface area contributed by atoms with Crippen LogP contribution in [0.3, 0.4) is 0 Å². The molecule has 0 unspecified atom stereocenters. The molecule has 0 saturated carbocycles. The number of nitrogens with one attached hydrogen (secondary N) is 1. The Labute approximate surface area is 104 Å². The topological polar surface area (TPSA) is 21.3 Å². The average Bonchev–Trinajstić information content (AvgIpc) is 2.68. The van der Waals surface area contributed by atoms with E-state index in [0.717, 1.165) is 24.9 Å². The van der Waals surface area contributed by atoms with E-state index in [9.17, 15) is 13.2 Å². The van der Waals surface area contributed by atoms with Gasteiger partial charge in [0, 0.05) is 6.04 Å². The van der Waals surface area contributed by atoms with E-state index in [1.165, 1.54) is 12.1 Å². The highest BCUT2D eigenvalue weighted by Gasteiger charge is 2.31. The Balaban J connectivity index is 0.00000144. The maximum absolute atomic E-state index is 12.0. The number of alkyl halides is 3. The lowest BCUT2D eigenvalue weighted by Gasteiger charge is -2.13. The second-order valence-corrected chi connectivity index (χ2v) is 3.77. The largest absolute Gasteiger partial charge is 0.573 e. The molecule has 0 aromatic heterocycles. The molecule has 0 spiro atoms. The molecule has 1 N–H and O–H groups in total. The molecule has 1 aliphatic heterocycles. The number of benzene rings is 1. The normalized spacial score (nSPS) is 19.8. The van der Waals surface area contributed by atoms with Crippen LogP contribution in [0.2, 0.25) is 0 Å². The van der Waals surface area contributed by atoms with Gasteiger partial charge < -0.3 is 10.1 Å². The van der Waals surface area contributed by atoms with Crippen LogP contribution in [-0.2, 0) is 0 Å². The Morgan fingerprint density at radius 3 is 2.65 bits per heavy atom. The van der Waals surface area contributed by atoms with E-state index < -0.39 is 6.36 Å². The molecule has 96 valence electrons. The summed E-state index contributed by atoms with van der Waals surface area (Å²) in [6.07, 6.45) is -2.62. The summed E-state index contributed by atoms with van der Waals surface area (Å²) in [5.41, 5.74) is 0.847. The van der Waals surface area contributed by atoms with E-state index >= 15 is 0 Å². The minimum atomic E-state index is -4.62. The Hall–Kier alpha value is -0.940.